The maximum absolute atomic E-state index is 11.3. The van der Waals surface area contributed by atoms with Crippen molar-refractivity contribution < 1.29 is 19.7 Å². The standard InChI is InChI=1S/C12H17NO4/c1-9(7-14)6-13-12(16)8-17-11-5-3-2-4-10(11)15/h2-5,9,14-15H,6-8H2,1H3,(H,13,16). The number of carbonyl (C=O) groups is 1. The monoisotopic (exact) mass is 239 g/mol. The molecule has 0 bridgehead atoms. The van der Waals surface area contributed by atoms with Crippen LogP contribution in [0.1, 0.15) is 6.92 Å². The quantitative estimate of drug-likeness (QED) is 0.676. The van der Waals surface area contributed by atoms with Crippen LogP contribution >= 0.6 is 0 Å². The van der Waals surface area contributed by atoms with E-state index >= 15 is 0 Å². The van der Waals surface area contributed by atoms with Gasteiger partial charge in [-0.05, 0) is 18.1 Å². The average Bonchev–Trinajstić information content (AvgIpc) is 2.35. The van der Waals surface area contributed by atoms with Gasteiger partial charge in [-0.1, -0.05) is 19.1 Å². The Balaban J connectivity index is 2.31. The third kappa shape index (κ3) is 4.74. The lowest BCUT2D eigenvalue weighted by Crippen LogP contribution is -2.33. The van der Waals surface area contributed by atoms with E-state index in [0.717, 1.165) is 0 Å². The molecule has 0 aliphatic heterocycles. The number of benzene rings is 1. The molecule has 1 rings (SSSR count). The van der Waals surface area contributed by atoms with Gasteiger partial charge in [-0.15, -0.1) is 0 Å². The zero-order valence-corrected chi connectivity index (χ0v) is 9.72. The summed E-state index contributed by atoms with van der Waals surface area (Å²) in [5.41, 5.74) is 0. The average molecular weight is 239 g/mol. The predicted octanol–water partition coefficient (Wildman–Crippen LogP) is 0.516. The summed E-state index contributed by atoms with van der Waals surface area (Å²) >= 11 is 0. The lowest BCUT2D eigenvalue weighted by atomic mass is 10.2. The van der Waals surface area contributed by atoms with Crippen LogP contribution in [0, 0.1) is 5.92 Å². The molecule has 0 spiro atoms. The van der Waals surface area contributed by atoms with Gasteiger partial charge in [0.2, 0.25) is 0 Å². The molecule has 17 heavy (non-hydrogen) atoms. The van der Waals surface area contributed by atoms with Gasteiger partial charge >= 0.3 is 0 Å². The first-order chi connectivity index (χ1) is 8.13. The van der Waals surface area contributed by atoms with Crippen LogP contribution in [0.15, 0.2) is 24.3 Å². The number of phenolic OH excluding ortho intramolecular Hbond substituents is 1. The fourth-order valence-electron chi connectivity index (χ4n) is 1.13. The van der Waals surface area contributed by atoms with E-state index in [1.807, 2.05) is 6.92 Å². The van der Waals surface area contributed by atoms with Gasteiger partial charge in [-0.2, -0.15) is 0 Å². The van der Waals surface area contributed by atoms with Crippen molar-refractivity contribution in [2.75, 3.05) is 19.8 Å². The highest BCUT2D eigenvalue weighted by Gasteiger charge is 2.07. The number of hydrogen-bond acceptors (Lipinski definition) is 4. The SMILES string of the molecule is CC(CO)CNC(=O)COc1ccccc1O. The molecule has 0 aliphatic carbocycles. The van der Waals surface area contributed by atoms with E-state index in [-0.39, 0.29) is 36.5 Å². The van der Waals surface area contributed by atoms with Crippen molar-refractivity contribution in [2.24, 2.45) is 5.92 Å². The highest BCUT2D eigenvalue weighted by molar-refractivity contribution is 5.77. The maximum atomic E-state index is 11.3. The molecule has 1 aromatic carbocycles. The molecule has 1 amide bonds. The van der Waals surface area contributed by atoms with Crippen molar-refractivity contribution in [3.05, 3.63) is 24.3 Å². The first-order valence-corrected chi connectivity index (χ1v) is 5.42. The van der Waals surface area contributed by atoms with Gasteiger partial charge in [0.1, 0.15) is 0 Å². The van der Waals surface area contributed by atoms with E-state index in [0.29, 0.717) is 6.54 Å². The van der Waals surface area contributed by atoms with Crippen LogP contribution in [0.4, 0.5) is 0 Å². The van der Waals surface area contributed by atoms with Gasteiger partial charge in [-0.25, -0.2) is 0 Å². The van der Waals surface area contributed by atoms with E-state index in [4.69, 9.17) is 9.84 Å². The second kappa shape index (κ2) is 6.75. The second-order valence-corrected chi connectivity index (χ2v) is 3.85. The minimum atomic E-state index is -0.284. The van der Waals surface area contributed by atoms with E-state index in [1.165, 1.54) is 6.07 Å². The molecule has 0 saturated heterocycles. The molecular weight excluding hydrogens is 222 g/mol. The van der Waals surface area contributed by atoms with E-state index in [2.05, 4.69) is 5.32 Å². The van der Waals surface area contributed by atoms with Crippen LogP contribution in [0.25, 0.3) is 0 Å². The molecule has 1 aromatic rings. The Bertz CT molecular complexity index is 367. The molecule has 0 aliphatic rings. The van der Waals surface area contributed by atoms with Crippen molar-refractivity contribution in [3.8, 4) is 11.5 Å². The minimum absolute atomic E-state index is 0.00373. The summed E-state index contributed by atoms with van der Waals surface area (Å²) in [6.45, 7) is 2.10. The van der Waals surface area contributed by atoms with Gasteiger partial charge in [0.05, 0.1) is 0 Å². The molecule has 0 aromatic heterocycles. The number of amides is 1. The summed E-state index contributed by atoms with van der Waals surface area (Å²) in [7, 11) is 0. The molecular formula is C12H17NO4. The number of phenols is 1. The Hall–Kier alpha value is -1.75. The smallest absolute Gasteiger partial charge is 0.257 e. The molecule has 0 saturated carbocycles. The Morgan fingerprint density at radius 1 is 1.47 bits per heavy atom. The number of aromatic hydroxyl groups is 1. The minimum Gasteiger partial charge on any atom is -0.504 e. The summed E-state index contributed by atoms with van der Waals surface area (Å²) in [6.07, 6.45) is 0. The molecule has 0 radical (unpaired) electrons. The van der Waals surface area contributed by atoms with Crippen LogP contribution < -0.4 is 10.1 Å². The molecule has 0 fully saturated rings. The number of ether oxygens (including phenoxy) is 1. The van der Waals surface area contributed by atoms with E-state index in [1.54, 1.807) is 18.2 Å². The van der Waals surface area contributed by atoms with Crippen LogP contribution in [0.2, 0.25) is 0 Å². The number of rotatable bonds is 6. The van der Waals surface area contributed by atoms with Gasteiger partial charge < -0.3 is 20.3 Å². The highest BCUT2D eigenvalue weighted by atomic mass is 16.5. The van der Waals surface area contributed by atoms with Gasteiger partial charge in [0.25, 0.3) is 5.91 Å². The fraction of sp³-hybridized carbons (Fsp3) is 0.417. The number of aliphatic hydroxyl groups is 1. The number of carbonyl (C=O) groups excluding carboxylic acids is 1. The van der Waals surface area contributed by atoms with Gasteiger partial charge in [0.15, 0.2) is 18.1 Å². The first-order valence-electron chi connectivity index (χ1n) is 5.42. The van der Waals surface area contributed by atoms with Crippen LogP contribution in [0.3, 0.4) is 0 Å². The largest absolute Gasteiger partial charge is 0.504 e. The summed E-state index contributed by atoms with van der Waals surface area (Å²) in [4.78, 5) is 11.3. The second-order valence-electron chi connectivity index (χ2n) is 3.85. The Morgan fingerprint density at radius 3 is 2.82 bits per heavy atom. The van der Waals surface area contributed by atoms with Crippen molar-refractivity contribution >= 4 is 5.91 Å². The Morgan fingerprint density at radius 2 is 2.18 bits per heavy atom. The van der Waals surface area contributed by atoms with Crippen LogP contribution in [0.5, 0.6) is 11.5 Å². The normalized spacial score (nSPS) is 11.9. The fourth-order valence-corrected chi connectivity index (χ4v) is 1.13. The van der Waals surface area contributed by atoms with Crippen molar-refractivity contribution in [2.45, 2.75) is 6.92 Å². The molecule has 1 unspecified atom stereocenters. The van der Waals surface area contributed by atoms with Gasteiger partial charge in [0, 0.05) is 13.2 Å². The summed E-state index contributed by atoms with van der Waals surface area (Å²) in [5, 5.41) is 20.8. The number of hydrogen-bond donors (Lipinski definition) is 3. The Labute approximate surface area is 100 Å². The zero-order valence-electron chi connectivity index (χ0n) is 9.72. The maximum Gasteiger partial charge on any atom is 0.257 e. The first kappa shape index (κ1) is 13.3. The molecule has 94 valence electrons. The number of para-hydroxylation sites is 2. The van der Waals surface area contributed by atoms with E-state index < -0.39 is 0 Å². The molecule has 1 atom stereocenters. The third-order valence-corrected chi connectivity index (χ3v) is 2.18. The lowest BCUT2D eigenvalue weighted by Gasteiger charge is -2.11. The molecule has 3 N–H and O–H groups in total. The molecule has 5 heteroatoms. The topological polar surface area (TPSA) is 78.8 Å². The predicted molar refractivity (Wildman–Crippen MR) is 62.9 cm³/mol. The van der Waals surface area contributed by atoms with Crippen molar-refractivity contribution in [1.29, 1.82) is 0 Å². The summed E-state index contributed by atoms with van der Waals surface area (Å²) in [6, 6.07) is 6.45. The van der Waals surface area contributed by atoms with Crippen LogP contribution in [-0.4, -0.2) is 35.9 Å². The van der Waals surface area contributed by atoms with Crippen LogP contribution in [-0.2, 0) is 4.79 Å². The zero-order chi connectivity index (χ0) is 12.7. The third-order valence-electron chi connectivity index (χ3n) is 2.18. The molecule has 5 nitrogen and oxygen atoms in total. The van der Waals surface area contributed by atoms with Crippen molar-refractivity contribution in [1.82, 2.24) is 5.32 Å². The van der Waals surface area contributed by atoms with Gasteiger partial charge in [-0.3, -0.25) is 4.79 Å². The van der Waals surface area contributed by atoms with Crippen molar-refractivity contribution in [3.63, 3.8) is 0 Å². The Kier molecular flexibility index (Phi) is 5.29. The van der Waals surface area contributed by atoms with E-state index in [9.17, 15) is 9.90 Å². The summed E-state index contributed by atoms with van der Waals surface area (Å²) < 4.78 is 5.14. The number of aliphatic hydroxyl groups excluding tert-OH is 1. The highest BCUT2D eigenvalue weighted by Crippen LogP contribution is 2.23. The lowest BCUT2D eigenvalue weighted by molar-refractivity contribution is -0.123. The molecule has 0 heterocycles. The summed E-state index contributed by atoms with van der Waals surface area (Å²) in [5.74, 6) is 0.0134. The number of nitrogens with one attached hydrogen (secondary N) is 1.